The summed E-state index contributed by atoms with van der Waals surface area (Å²) in [6.07, 6.45) is 0.403. The van der Waals surface area contributed by atoms with Crippen LogP contribution in [0.15, 0.2) is 0 Å². The fourth-order valence-corrected chi connectivity index (χ4v) is 0.623. The molecule has 3 heteroatoms. The van der Waals surface area contributed by atoms with E-state index in [4.69, 9.17) is 9.47 Å². The molecule has 0 radical (unpaired) electrons. The molecular weight excluding hydrogens is 108 g/mol. The first-order chi connectivity index (χ1) is 3.75. The van der Waals surface area contributed by atoms with Gasteiger partial charge in [0.15, 0.2) is 5.78 Å². The van der Waals surface area contributed by atoms with E-state index in [0.717, 1.165) is 0 Å². The monoisotopic (exact) mass is 116 g/mol. The first kappa shape index (κ1) is 5.72. The molecule has 0 bridgehead atoms. The van der Waals surface area contributed by atoms with Crippen molar-refractivity contribution in [1.82, 2.24) is 0 Å². The van der Waals surface area contributed by atoms with Crippen molar-refractivity contribution in [2.24, 2.45) is 0 Å². The van der Waals surface area contributed by atoms with Gasteiger partial charge in [-0.3, -0.25) is 4.79 Å². The van der Waals surface area contributed by atoms with E-state index in [1.165, 1.54) is 14.2 Å². The lowest BCUT2D eigenvalue weighted by Crippen LogP contribution is -2.16. The van der Waals surface area contributed by atoms with Gasteiger partial charge in [0.25, 0.3) is 0 Å². The second-order valence-corrected chi connectivity index (χ2v) is 1.76. The van der Waals surface area contributed by atoms with Crippen LogP contribution in [0.4, 0.5) is 0 Å². The van der Waals surface area contributed by atoms with E-state index in [2.05, 4.69) is 0 Å². The molecule has 0 amide bonds. The third-order valence-electron chi connectivity index (χ3n) is 1.35. The van der Waals surface area contributed by atoms with Gasteiger partial charge < -0.3 is 9.47 Å². The normalized spacial score (nSPS) is 23.5. The van der Waals surface area contributed by atoms with E-state index in [9.17, 15) is 4.79 Å². The van der Waals surface area contributed by atoms with Crippen LogP contribution in [0.2, 0.25) is 0 Å². The molecule has 1 saturated carbocycles. The van der Waals surface area contributed by atoms with Crippen molar-refractivity contribution in [1.29, 1.82) is 0 Å². The molecular formula is C5H8O3. The molecule has 0 N–H and O–H groups in total. The van der Waals surface area contributed by atoms with Gasteiger partial charge in [-0.2, -0.15) is 0 Å². The number of ether oxygens (including phenoxy) is 2. The molecule has 3 nitrogen and oxygen atoms in total. The Balaban J connectivity index is 2.52. The number of hydrogen-bond donors (Lipinski definition) is 0. The van der Waals surface area contributed by atoms with Crippen LogP contribution >= 0.6 is 0 Å². The average Bonchev–Trinajstić information content (AvgIpc) is 2.43. The summed E-state index contributed by atoms with van der Waals surface area (Å²) in [7, 11) is 2.93. The summed E-state index contributed by atoms with van der Waals surface area (Å²) in [5, 5.41) is 0. The number of carbonyl (C=O) groups is 1. The van der Waals surface area contributed by atoms with Gasteiger partial charge in [0, 0.05) is 14.2 Å². The van der Waals surface area contributed by atoms with Gasteiger partial charge in [-0.15, -0.1) is 0 Å². The summed E-state index contributed by atoms with van der Waals surface area (Å²) in [6, 6.07) is 0. The number of carbonyl (C=O) groups excluding carboxylic acids is 1. The Hall–Kier alpha value is -0.410. The van der Waals surface area contributed by atoms with Crippen LogP contribution in [-0.4, -0.2) is 25.8 Å². The predicted octanol–water partition coefficient (Wildman–Crippen LogP) is -0.0517. The van der Waals surface area contributed by atoms with Crippen molar-refractivity contribution >= 4 is 5.78 Å². The lowest BCUT2D eigenvalue weighted by molar-refractivity contribution is -0.151. The summed E-state index contributed by atoms with van der Waals surface area (Å²) < 4.78 is 9.48. The first-order valence-electron chi connectivity index (χ1n) is 2.39. The lowest BCUT2D eigenvalue weighted by atomic mass is 10.7. The molecule has 46 valence electrons. The summed E-state index contributed by atoms with van der Waals surface area (Å²) in [5.74, 6) is -0.817. The van der Waals surface area contributed by atoms with Gasteiger partial charge in [-0.1, -0.05) is 0 Å². The molecule has 1 aliphatic rings. The Morgan fingerprint density at radius 3 is 1.88 bits per heavy atom. The Kier molecular flexibility index (Phi) is 1.10. The highest BCUT2D eigenvalue weighted by atomic mass is 16.7. The Labute approximate surface area is 47.6 Å². The summed E-state index contributed by atoms with van der Waals surface area (Å²) in [5.41, 5.74) is 0. The lowest BCUT2D eigenvalue weighted by Gasteiger charge is -2.05. The molecule has 0 saturated heterocycles. The van der Waals surface area contributed by atoms with Crippen molar-refractivity contribution in [3.05, 3.63) is 0 Å². The number of rotatable bonds is 2. The molecule has 0 aromatic heterocycles. The Morgan fingerprint density at radius 1 is 1.50 bits per heavy atom. The summed E-state index contributed by atoms with van der Waals surface area (Å²) in [6.45, 7) is 0. The van der Waals surface area contributed by atoms with Crippen LogP contribution in [0.1, 0.15) is 6.42 Å². The third kappa shape index (κ3) is 0.553. The third-order valence-corrected chi connectivity index (χ3v) is 1.35. The largest absolute Gasteiger partial charge is 0.347 e. The number of ketones is 1. The first-order valence-corrected chi connectivity index (χ1v) is 2.39. The smallest absolute Gasteiger partial charge is 0.235 e. The summed E-state index contributed by atoms with van der Waals surface area (Å²) >= 11 is 0. The molecule has 0 unspecified atom stereocenters. The van der Waals surface area contributed by atoms with Gasteiger partial charge in [0.05, 0.1) is 6.42 Å². The Bertz CT molecular complexity index is 115. The molecule has 8 heavy (non-hydrogen) atoms. The standard InChI is InChI=1S/C5H8O3/c1-7-5(8-2)3-4(5)6/h3H2,1-2H3. The average molecular weight is 116 g/mol. The zero-order chi connectivity index (χ0) is 6.20. The second-order valence-electron chi connectivity index (χ2n) is 1.76. The molecule has 1 aliphatic carbocycles. The van der Waals surface area contributed by atoms with Crippen LogP contribution in [-0.2, 0) is 14.3 Å². The highest BCUT2D eigenvalue weighted by molar-refractivity contribution is 6.02. The minimum atomic E-state index is -0.847. The SMILES string of the molecule is COC1(OC)CC1=O. The van der Waals surface area contributed by atoms with Crippen molar-refractivity contribution in [2.45, 2.75) is 12.2 Å². The van der Waals surface area contributed by atoms with Crippen LogP contribution in [0.3, 0.4) is 0 Å². The maximum absolute atomic E-state index is 10.4. The zero-order valence-corrected chi connectivity index (χ0v) is 4.93. The van der Waals surface area contributed by atoms with Crippen molar-refractivity contribution in [3.63, 3.8) is 0 Å². The van der Waals surface area contributed by atoms with E-state index in [1.54, 1.807) is 0 Å². The van der Waals surface area contributed by atoms with Crippen LogP contribution in [0.25, 0.3) is 0 Å². The van der Waals surface area contributed by atoms with Crippen molar-refractivity contribution in [2.75, 3.05) is 14.2 Å². The molecule has 0 heterocycles. The maximum Gasteiger partial charge on any atom is 0.235 e. The zero-order valence-electron chi connectivity index (χ0n) is 4.93. The van der Waals surface area contributed by atoms with Crippen LogP contribution < -0.4 is 0 Å². The highest BCUT2D eigenvalue weighted by Crippen LogP contribution is 2.34. The van der Waals surface area contributed by atoms with E-state index < -0.39 is 5.79 Å². The van der Waals surface area contributed by atoms with Crippen LogP contribution in [0.5, 0.6) is 0 Å². The van der Waals surface area contributed by atoms with E-state index >= 15 is 0 Å². The van der Waals surface area contributed by atoms with E-state index in [1.807, 2.05) is 0 Å². The van der Waals surface area contributed by atoms with Gasteiger partial charge >= 0.3 is 0 Å². The highest BCUT2D eigenvalue weighted by Gasteiger charge is 2.55. The van der Waals surface area contributed by atoms with E-state index in [-0.39, 0.29) is 5.78 Å². The number of hydrogen-bond acceptors (Lipinski definition) is 3. The van der Waals surface area contributed by atoms with E-state index in [0.29, 0.717) is 6.42 Å². The predicted molar refractivity (Wildman–Crippen MR) is 26.4 cm³/mol. The second kappa shape index (κ2) is 1.53. The summed E-state index contributed by atoms with van der Waals surface area (Å²) in [4.78, 5) is 10.4. The molecule has 0 atom stereocenters. The number of methoxy groups -OCH3 is 2. The van der Waals surface area contributed by atoms with Crippen molar-refractivity contribution in [3.8, 4) is 0 Å². The van der Waals surface area contributed by atoms with Gasteiger partial charge in [-0.25, -0.2) is 0 Å². The van der Waals surface area contributed by atoms with Gasteiger partial charge in [0.2, 0.25) is 5.79 Å². The van der Waals surface area contributed by atoms with Crippen LogP contribution in [0, 0.1) is 0 Å². The fourth-order valence-electron chi connectivity index (χ4n) is 0.623. The quantitative estimate of drug-likeness (QED) is 0.474. The molecule has 0 aromatic carbocycles. The topological polar surface area (TPSA) is 35.5 Å². The maximum atomic E-state index is 10.4. The van der Waals surface area contributed by atoms with Gasteiger partial charge in [-0.05, 0) is 0 Å². The van der Waals surface area contributed by atoms with Crippen molar-refractivity contribution < 1.29 is 14.3 Å². The minimum Gasteiger partial charge on any atom is -0.347 e. The minimum absolute atomic E-state index is 0.0301. The molecule has 0 aliphatic heterocycles. The molecule has 0 spiro atoms. The fraction of sp³-hybridized carbons (Fsp3) is 0.800. The Morgan fingerprint density at radius 2 is 1.88 bits per heavy atom. The molecule has 0 aromatic rings. The molecule has 1 fully saturated rings. The molecule has 1 rings (SSSR count). The van der Waals surface area contributed by atoms with Gasteiger partial charge in [0.1, 0.15) is 0 Å². The number of Topliss-reactive ketones (excluding diaryl/α,β-unsaturated/α-hetero) is 1.